The SMILES string of the molecule is O=C1NN(c2ccc(I)cc2)C(=O)/C1=C\c1cnc(N2CCN(Cc3ccccc3)CC2)s1. The fraction of sp³-hybridized carbons (Fsp3) is 0.208. The second-order valence-corrected chi connectivity index (χ2v) is 10.2. The van der Waals surface area contributed by atoms with Crippen molar-refractivity contribution < 1.29 is 9.59 Å². The van der Waals surface area contributed by atoms with Crippen LogP contribution >= 0.6 is 33.9 Å². The molecule has 0 spiro atoms. The minimum atomic E-state index is -0.400. The molecule has 5 rings (SSSR count). The molecule has 0 atom stereocenters. The van der Waals surface area contributed by atoms with Crippen LogP contribution in [-0.2, 0) is 16.1 Å². The van der Waals surface area contributed by atoms with Gasteiger partial charge in [-0.2, -0.15) is 0 Å². The lowest BCUT2D eigenvalue weighted by atomic mass is 10.2. The number of hydrazine groups is 1. The Morgan fingerprint density at radius 3 is 2.45 bits per heavy atom. The van der Waals surface area contributed by atoms with Crippen molar-refractivity contribution in [3.05, 3.63) is 80.4 Å². The molecule has 2 aliphatic heterocycles. The molecular weight excluding hydrogens is 549 g/mol. The molecule has 9 heteroatoms. The number of rotatable bonds is 5. The zero-order valence-corrected chi connectivity index (χ0v) is 20.8. The Morgan fingerprint density at radius 2 is 1.73 bits per heavy atom. The van der Waals surface area contributed by atoms with E-state index in [4.69, 9.17) is 0 Å². The van der Waals surface area contributed by atoms with Crippen LogP contribution in [0.25, 0.3) is 6.08 Å². The van der Waals surface area contributed by atoms with Crippen molar-refractivity contribution in [1.29, 1.82) is 0 Å². The third kappa shape index (κ3) is 4.94. The van der Waals surface area contributed by atoms with E-state index in [9.17, 15) is 9.59 Å². The van der Waals surface area contributed by atoms with Crippen molar-refractivity contribution in [3.8, 4) is 0 Å². The molecule has 3 aromatic rings. The first-order chi connectivity index (χ1) is 16.1. The highest BCUT2D eigenvalue weighted by molar-refractivity contribution is 14.1. The molecule has 2 saturated heterocycles. The fourth-order valence-corrected chi connectivity index (χ4v) is 5.17. The molecular formula is C24H22IN5O2S. The molecule has 33 heavy (non-hydrogen) atoms. The number of nitrogens with zero attached hydrogens (tertiary/aromatic N) is 4. The second-order valence-electron chi connectivity index (χ2n) is 7.91. The number of piperazine rings is 1. The van der Waals surface area contributed by atoms with Crippen LogP contribution in [0, 0.1) is 3.57 Å². The number of hydrogen-bond acceptors (Lipinski definition) is 6. The van der Waals surface area contributed by atoms with Crippen molar-refractivity contribution in [1.82, 2.24) is 15.3 Å². The highest BCUT2D eigenvalue weighted by atomic mass is 127. The largest absolute Gasteiger partial charge is 0.346 e. The summed E-state index contributed by atoms with van der Waals surface area (Å²) < 4.78 is 1.06. The van der Waals surface area contributed by atoms with E-state index in [0.717, 1.165) is 46.3 Å². The Morgan fingerprint density at radius 1 is 1.00 bits per heavy atom. The molecule has 0 aliphatic carbocycles. The summed E-state index contributed by atoms with van der Waals surface area (Å²) in [5.74, 6) is -0.756. The van der Waals surface area contributed by atoms with Gasteiger partial charge in [0.2, 0.25) is 0 Å². The van der Waals surface area contributed by atoms with E-state index in [2.05, 4.69) is 67.1 Å². The lowest BCUT2D eigenvalue weighted by molar-refractivity contribution is -0.117. The Balaban J connectivity index is 1.23. The van der Waals surface area contributed by atoms with Crippen LogP contribution in [0.15, 0.2) is 66.4 Å². The monoisotopic (exact) mass is 571 g/mol. The Bertz CT molecular complexity index is 1190. The minimum Gasteiger partial charge on any atom is -0.346 e. The first kappa shape index (κ1) is 22.1. The molecule has 3 heterocycles. The van der Waals surface area contributed by atoms with E-state index in [0.29, 0.717) is 5.69 Å². The van der Waals surface area contributed by atoms with Gasteiger partial charge in [0.15, 0.2) is 5.13 Å². The maximum absolute atomic E-state index is 12.8. The summed E-state index contributed by atoms with van der Waals surface area (Å²) in [4.78, 5) is 35.4. The van der Waals surface area contributed by atoms with Gasteiger partial charge in [0.1, 0.15) is 5.57 Å². The van der Waals surface area contributed by atoms with Gasteiger partial charge >= 0.3 is 0 Å². The topological polar surface area (TPSA) is 68.8 Å². The van der Waals surface area contributed by atoms with Crippen molar-refractivity contribution in [2.75, 3.05) is 36.1 Å². The van der Waals surface area contributed by atoms with Crippen molar-refractivity contribution in [3.63, 3.8) is 0 Å². The van der Waals surface area contributed by atoms with Crippen molar-refractivity contribution >= 4 is 62.6 Å². The molecule has 1 N–H and O–H groups in total. The van der Waals surface area contributed by atoms with Gasteiger partial charge in [-0.1, -0.05) is 41.7 Å². The molecule has 0 bridgehead atoms. The summed E-state index contributed by atoms with van der Waals surface area (Å²) in [6.45, 7) is 4.69. The quantitative estimate of drug-likeness (QED) is 0.289. The number of amides is 2. The van der Waals surface area contributed by atoms with Crippen LogP contribution in [0.2, 0.25) is 0 Å². The number of thiazole rings is 1. The molecule has 2 fully saturated rings. The number of halogens is 1. The lowest BCUT2D eigenvalue weighted by Gasteiger charge is -2.34. The standard InChI is InChI=1S/C24H22IN5O2S/c25-18-6-8-19(9-7-18)30-23(32)21(22(31)27-30)14-20-15-26-24(33-20)29-12-10-28(11-13-29)16-17-4-2-1-3-5-17/h1-9,14-15H,10-13,16H2,(H,27,31)/b21-14-. The third-order valence-electron chi connectivity index (χ3n) is 5.67. The maximum atomic E-state index is 12.8. The summed E-state index contributed by atoms with van der Waals surface area (Å²) in [5, 5.41) is 2.21. The van der Waals surface area contributed by atoms with Crippen LogP contribution in [0.1, 0.15) is 10.4 Å². The Hall–Kier alpha value is -2.76. The Labute approximate surface area is 209 Å². The van der Waals surface area contributed by atoms with Gasteiger partial charge in [-0.25, -0.2) is 9.99 Å². The number of aromatic nitrogens is 1. The van der Waals surface area contributed by atoms with E-state index < -0.39 is 5.91 Å². The van der Waals surface area contributed by atoms with Crippen LogP contribution in [0.4, 0.5) is 10.8 Å². The number of carbonyl (C=O) groups is 2. The number of nitrogens with one attached hydrogen (secondary N) is 1. The molecule has 0 saturated carbocycles. The minimum absolute atomic E-state index is 0.122. The molecule has 168 valence electrons. The summed E-state index contributed by atoms with van der Waals surface area (Å²) in [5.41, 5.74) is 4.73. The summed E-state index contributed by atoms with van der Waals surface area (Å²) in [7, 11) is 0. The fourth-order valence-electron chi connectivity index (χ4n) is 3.90. The average Bonchev–Trinajstić information content (AvgIpc) is 3.41. The van der Waals surface area contributed by atoms with Gasteiger partial charge in [-0.05, 0) is 58.5 Å². The maximum Gasteiger partial charge on any atom is 0.282 e. The van der Waals surface area contributed by atoms with Gasteiger partial charge < -0.3 is 4.90 Å². The molecule has 0 radical (unpaired) electrons. The van der Waals surface area contributed by atoms with Gasteiger partial charge in [0.25, 0.3) is 11.8 Å². The van der Waals surface area contributed by atoms with Gasteiger partial charge in [-0.3, -0.25) is 19.9 Å². The van der Waals surface area contributed by atoms with Gasteiger partial charge in [0.05, 0.1) is 10.6 Å². The van der Waals surface area contributed by atoms with Crippen LogP contribution < -0.4 is 15.3 Å². The van der Waals surface area contributed by atoms with E-state index in [1.165, 1.54) is 21.9 Å². The molecule has 2 aliphatic rings. The average molecular weight is 571 g/mol. The molecule has 0 unspecified atom stereocenters. The lowest BCUT2D eigenvalue weighted by Crippen LogP contribution is -2.45. The van der Waals surface area contributed by atoms with Crippen LogP contribution in [0.3, 0.4) is 0 Å². The van der Waals surface area contributed by atoms with Crippen LogP contribution in [-0.4, -0.2) is 47.9 Å². The van der Waals surface area contributed by atoms with E-state index in [1.807, 2.05) is 30.3 Å². The zero-order valence-electron chi connectivity index (χ0n) is 17.8. The molecule has 1 aromatic heterocycles. The number of anilines is 2. The highest BCUT2D eigenvalue weighted by Gasteiger charge is 2.34. The van der Waals surface area contributed by atoms with E-state index >= 15 is 0 Å². The molecule has 2 amide bonds. The van der Waals surface area contributed by atoms with E-state index in [-0.39, 0.29) is 11.5 Å². The first-order valence-corrected chi connectivity index (χ1v) is 12.6. The number of carbonyl (C=O) groups excluding carboxylic acids is 2. The predicted molar refractivity (Wildman–Crippen MR) is 139 cm³/mol. The van der Waals surface area contributed by atoms with Crippen molar-refractivity contribution in [2.24, 2.45) is 0 Å². The smallest absolute Gasteiger partial charge is 0.282 e. The normalized spacial score (nSPS) is 18.3. The predicted octanol–water partition coefficient (Wildman–Crippen LogP) is 3.53. The summed E-state index contributed by atoms with van der Waals surface area (Å²) >= 11 is 3.70. The molecule has 2 aromatic carbocycles. The first-order valence-electron chi connectivity index (χ1n) is 10.7. The molecule has 7 nitrogen and oxygen atoms in total. The van der Waals surface area contributed by atoms with Gasteiger partial charge in [0, 0.05) is 42.5 Å². The number of benzene rings is 2. The zero-order chi connectivity index (χ0) is 22.8. The van der Waals surface area contributed by atoms with E-state index in [1.54, 1.807) is 12.3 Å². The second kappa shape index (κ2) is 9.62. The van der Waals surface area contributed by atoms with Crippen LogP contribution in [0.5, 0.6) is 0 Å². The summed E-state index contributed by atoms with van der Waals surface area (Å²) in [6.07, 6.45) is 3.37. The summed E-state index contributed by atoms with van der Waals surface area (Å²) in [6, 6.07) is 17.9. The number of hydrogen-bond donors (Lipinski definition) is 1. The van der Waals surface area contributed by atoms with Crippen molar-refractivity contribution in [2.45, 2.75) is 6.54 Å². The Kier molecular flexibility index (Phi) is 6.43. The third-order valence-corrected chi connectivity index (χ3v) is 7.39. The van der Waals surface area contributed by atoms with Gasteiger partial charge in [-0.15, -0.1) is 0 Å². The highest BCUT2D eigenvalue weighted by Crippen LogP contribution is 2.28.